The van der Waals surface area contributed by atoms with Crippen LogP contribution >= 0.6 is 0 Å². The van der Waals surface area contributed by atoms with E-state index in [-0.39, 0.29) is 35.6 Å². The van der Waals surface area contributed by atoms with E-state index in [9.17, 15) is 9.59 Å². The molecule has 0 spiro atoms. The second-order valence-corrected chi connectivity index (χ2v) is 7.65. The highest BCUT2D eigenvalue weighted by molar-refractivity contribution is 5.95. The Hall–Kier alpha value is -1.84. The normalized spacial score (nSPS) is 19.9. The second kappa shape index (κ2) is 5.99. The van der Waals surface area contributed by atoms with Crippen LogP contribution in [0, 0.1) is 16.7 Å². The van der Waals surface area contributed by atoms with Crippen molar-refractivity contribution in [1.29, 1.82) is 0 Å². The minimum atomic E-state index is -0.939. The van der Waals surface area contributed by atoms with Gasteiger partial charge in [-0.2, -0.15) is 0 Å². The lowest BCUT2D eigenvalue weighted by molar-refractivity contribution is -0.138. The number of hydrogen-bond acceptors (Lipinski definition) is 2. The van der Waals surface area contributed by atoms with E-state index in [1.165, 1.54) is 0 Å². The van der Waals surface area contributed by atoms with E-state index >= 15 is 0 Å². The van der Waals surface area contributed by atoms with E-state index in [0.717, 1.165) is 5.69 Å². The first-order valence-corrected chi connectivity index (χ1v) is 8.19. The topological polar surface area (TPSA) is 57.6 Å². The van der Waals surface area contributed by atoms with Crippen LogP contribution in [-0.2, 0) is 9.59 Å². The van der Waals surface area contributed by atoms with E-state index in [4.69, 9.17) is 5.11 Å². The second-order valence-electron chi connectivity index (χ2n) is 7.65. The molecule has 1 fully saturated rings. The van der Waals surface area contributed by atoms with Crippen LogP contribution in [0.4, 0.5) is 5.69 Å². The lowest BCUT2D eigenvalue weighted by atomic mass is 10.0. The van der Waals surface area contributed by atoms with Crippen LogP contribution in [0.15, 0.2) is 30.3 Å². The Morgan fingerprint density at radius 3 is 2.04 bits per heavy atom. The summed E-state index contributed by atoms with van der Waals surface area (Å²) in [5.74, 6) is -0.681. The molecular formula is C19H27NO3. The standard InChI is InChI=1S/C19H27NO3/c1-13(17-18(2,3)19(17,4)5)20(14-9-7-6-8-10-14)15(21)11-12-16(22)23/h6-10,13,17H,11-12H2,1-5H3,(H,22,23)/t13-/m1/s1. The van der Waals surface area contributed by atoms with Crippen molar-refractivity contribution in [1.82, 2.24) is 0 Å². The largest absolute Gasteiger partial charge is 0.481 e. The predicted octanol–water partition coefficient (Wildman–Crippen LogP) is 3.96. The number of carbonyl (C=O) groups is 2. The molecule has 1 aliphatic rings. The molecule has 0 heterocycles. The Bertz CT molecular complexity index is 578. The van der Waals surface area contributed by atoms with Gasteiger partial charge in [0.1, 0.15) is 0 Å². The van der Waals surface area contributed by atoms with Gasteiger partial charge in [-0.15, -0.1) is 0 Å². The number of carboxylic acid groups (broad SMARTS) is 1. The van der Waals surface area contributed by atoms with Crippen molar-refractivity contribution in [2.45, 2.75) is 53.5 Å². The zero-order valence-corrected chi connectivity index (χ0v) is 14.7. The Labute approximate surface area is 138 Å². The van der Waals surface area contributed by atoms with Gasteiger partial charge in [0.15, 0.2) is 0 Å². The van der Waals surface area contributed by atoms with Crippen molar-refractivity contribution in [3.8, 4) is 0 Å². The molecule has 1 aromatic rings. The highest BCUT2D eigenvalue weighted by atomic mass is 16.4. The lowest BCUT2D eigenvalue weighted by Gasteiger charge is -2.31. The fraction of sp³-hybridized carbons (Fsp3) is 0.579. The van der Waals surface area contributed by atoms with Gasteiger partial charge in [-0.1, -0.05) is 45.9 Å². The third-order valence-corrected chi connectivity index (χ3v) is 5.88. The number of carbonyl (C=O) groups excluding carboxylic acids is 1. The van der Waals surface area contributed by atoms with Crippen molar-refractivity contribution in [3.63, 3.8) is 0 Å². The molecular weight excluding hydrogens is 290 g/mol. The van der Waals surface area contributed by atoms with Crippen LogP contribution in [-0.4, -0.2) is 23.0 Å². The van der Waals surface area contributed by atoms with Crippen LogP contribution < -0.4 is 4.90 Å². The van der Waals surface area contributed by atoms with Crippen LogP contribution in [0.3, 0.4) is 0 Å². The molecule has 0 bridgehead atoms. The molecule has 1 saturated carbocycles. The van der Waals surface area contributed by atoms with Crippen LogP contribution in [0.1, 0.15) is 47.5 Å². The summed E-state index contributed by atoms with van der Waals surface area (Å²) in [5.41, 5.74) is 1.16. The van der Waals surface area contributed by atoms with Gasteiger partial charge in [-0.05, 0) is 35.8 Å². The first-order chi connectivity index (χ1) is 10.6. The predicted molar refractivity (Wildman–Crippen MR) is 91.3 cm³/mol. The van der Waals surface area contributed by atoms with E-state index in [2.05, 4.69) is 34.6 Å². The molecule has 23 heavy (non-hydrogen) atoms. The average Bonchev–Trinajstić information content (AvgIpc) is 2.87. The number of benzene rings is 1. The molecule has 0 unspecified atom stereocenters. The van der Waals surface area contributed by atoms with Crippen molar-refractivity contribution in [3.05, 3.63) is 30.3 Å². The van der Waals surface area contributed by atoms with Crippen molar-refractivity contribution >= 4 is 17.6 Å². The summed E-state index contributed by atoms with van der Waals surface area (Å²) in [7, 11) is 0. The summed E-state index contributed by atoms with van der Waals surface area (Å²) in [6.07, 6.45) is -0.103. The van der Waals surface area contributed by atoms with Crippen molar-refractivity contribution in [2.24, 2.45) is 16.7 Å². The van der Waals surface area contributed by atoms with Crippen LogP contribution in [0.25, 0.3) is 0 Å². The maximum absolute atomic E-state index is 12.7. The third kappa shape index (κ3) is 3.12. The molecule has 1 amide bonds. The molecule has 4 heteroatoms. The van der Waals surface area contributed by atoms with Gasteiger partial charge >= 0.3 is 5.97 Å². The van der Waals surface area contributed by atoms with Gasteiger partial charge in [0.2, 0.25) is 5.91 Å². The molecule has 1 atom stereocenters. The van der Waals surface area contributed by atoms with Crippen molar-refractivity contribution < 1.29 is 14.7 Å². The maximum Gasteiger partial charge on any atom is 0.303 e. The summed E-state index contributed by atoms with van der Waals surface area (Å²) < 4.78 is 0. The summed E-state index contributed by atoms with van der Waals surface area (Å²) in [4.78, 5) is 25.3. The zero-order chi connectivity index (χ0) is 17.4. The number of amides is 1. The smallest absolute Gasteiger partial charge is 0.303 e. The molecule has 0 aliphatic heterocycles. The summed E-state index contributed by atoms with van der Waals surface area (Å²) in [5, 5.41) is 8.87. The molecule has 1 aliphatic carbocycles. The number of rotatable bonds is 6. The fourth-order valence-electron chi connectivity index (χ4n) is 4.13. The third-order valence-electron chi connectivity index (χ3n) is 5.88. The molecule has 0 saturated heterocycles. The molecule has 4 nitrogen and oxygen atoms in total. The van der Waals surface area contributed by atoms with Gasteiger partial charge in [0.05, 0.1) is 6.42 Å². The molecule has 2 rings (SSSR count). The van der Waals surface area contributed by atoms with Crippen molar-refractivity contribution in [2.75, 3.05) is 4.90 Å². The Kier molecular flexibility index (Phi) is 4.56. The minimum Gasteiger partial charge on any atom is -0.481 e. The quantitative estimate of drug-likeness (QED) is 0.864. The number of para-hydroxylation sites is 1. The Balaban J connectivity index is 2.28. The minimum absolute atomic E-state index is 0.0299. The first kappa shape index (κ1) is 17.5. The maximum atomic E-state index is 12.7. The highest BCUT2D eigenvalue weighted by Crippen LogP contribution is 2.70. The molecule has 1 aromatic carbocycles. The molecule has 126 valence electrons. The van der Waals surface area contributed by atoms with Crippen LogP contribution in [0.5, 0.6) is 0 Å². The Morgan fingerprint density at radius 1 is 1.09 bits per heavy atom. The van der Waals surface area contributed by atoms with Gasteiger partial charge in [0, 0.05) is 18.2 Å². The van der Waals surface area contributed by atoms with Gasteiger partial charge in [0.25, 0.3) is 0 Å². The summed E-state index contributed by atoms with van der Waals surface area (Å²) in [6.45, 7) is 11.0. The number of aliphatic carboxylic acids is 1. The number of nitrogens with zero attached hydrogens (tertiary/aromatic N) is 1. The average molecular weight is 317 g/mol. The molecule has 0 aromatic heterocycles. The van der Waals surface area contributed by atoms with E-state index < -0.39 is 5.97 Å². The zero-order valence-electron chi connectivity index (χ0n) is 14.7. The first-order valence-electron chi connectivity index (χ1n) is 8.19. The molecule has 1 N–H and O–H groups in total. The summed E-state index contributed by atoms with van der Waals surface area (Å²) >= 11 is 0. The number of carboxylic acids is 1. The van der Waals surface area contributed by atoms with Crippen LogP contribution in [0.2, 0.25) is 0 Å². The van der Waals surface area contributed by atoms with E-state index in [0.29, 0.717) is 5.92 Å². The monoisotopic (exact) mass is 317 g/mol. The highest BCUT2D eigenvalue weighted by Gasteiger charge is 2.67. The van der Waals surface area contributed by atoms with Gasteiger partial charge < -0.3 is 10.0 Å². The Morgan fingerprint density at radius 2 is 1.61 bits per heavy atom. The van der Waals surface area contributed by atoms with E-state index in [1.54, 1.807) is 4.90 Å². The SMILES string of the molecule is C[C@H](C1C(C)(C)C1(C)C)N(C(=O)CCC(=O)O)c1ccccc1. The fourth-order valence-corrected chi connectivity index (χ4v) is 4.13. The number of hydrogen-bond donors (Lipinski definition) is 1. The van der Waals surface area contributed by atoms with E-state index in [1.807, 2.05) is 30.3 Å². The van der Waals surface area contributed by atoms with Gasteiger partial charge in [-0.3, -0.25) is 9.59 Å². The molecule has 0 radical (unpaired) electrons. The number of anilines is 1. The lowest BCUT2D eigenvalue weighted by Crippen LogP contribution is -2.41. The summed E-state index contributed by atoms with van der Waals surface area (Å²) in [6, 6.07) is 9.59. The van der Waals surface area contributed by atoms with Gasteiger partial charge in [-0.25, -0.2) is 0 Å².